The average molecular weight is 326 g/mol. The van der Waals surface area contributed by atoms with Crippen molar-refractivity contribution in [1.82, 2.24) is 29.6 Å². The first-order valence-electron chi connectivity index (χ1n) is 6.71. The number of aromatic nitrogens is 6. The molecule has 23 heavy (non-hydrogen) atoms. The second-order valence-electron chi connectivity index (χ2n) is 4.68. The van der Waals surface area contributed by atoms with Gasteiger partial charge < -0.3 is 4.74 Å². The van der Waals surface area contributed by atoms with Gasteiger partial charge in [-0.1, -0.05) is 0 Å². The van der Waals surface area contributed by atoms with Crippen molar-refractivity contribution in [2.45, 2.75) is 6.61 Å². The van der Waals surface area contributed by atoms with Crippen molar-refractivity contribution in [3.8, 4) is 11.4 Å². The summed E-state index contributed by atoms with van der Waals surface area (Å²) in [6, 6.07) is 8.79. The number of ether oxygens (including phenoxy) is 1. The summed E-state index contributed by atoms with van der Waals surface area (Å²) in [5, 5.41) is 12.8. The first kappa shape index (κ1) is 13.6. The minimum absolute atomic E-state index is 0.108. The van der Waals surface area contributed by atoms with Crippen LogP contribution in [0.2, 0.25) is 0 Å². The zero-order valence-electron chi connectivity index (χ0n) is 11.7. The van der Waals surface area contributed by atoms with E-state index < -0.39 is 0 Å². The highest BCUT2D eigenvalue weighted by Gasteiger charge is 2.05. The lowest BCUT2D eigenvalue weighted by atomic mass is 10.3. The Balaban J connectivity index is 1.50. The van der Waals surface area contributed by atoms with Crippen LogP contribution in [-0.4, -0.2) is 29.6 Å². The van der Waals surface area contributed by atoms with Crippen LogP contribution in [0.4, 0.5) is 0 Å². The minimum Gasteiger partial charge on any atom is -0.487 e. The topological polar surface area (TPSA) is 87.2 Å². The molecule has 0 aliphatic rings. The van der Waals surface area contributed by atoms with E-state index in [1.807, 2.05) is 29.6 Å². The molecule has 0 N–H and O–H groups in total. The Bertz CT molecular complexity index is 990. The number of nitrogens with zero attached hydrogens (tertiary/aromatic N) is 6. The number of rotatable bonds is 4. The third-order valence-corrected chi connectivity index (χ3v) is 3.95. The second-order valence-corrected chi connectivity index (χ2v) is 5.55. The molecule has 9 heteroatoms. The Morgan fingerprint density at radius 1 is 1.22 bits per heavy atom. The van der Waals surface area contributed by atoms with E-state index in [-0.39, 0.29) is 12.2 Å². The average Bonchev–Trinajstić information content (AvgIpc) is 3.25. The van der Waals surface area contributed by atoms with Crippen molar-refractivity contribution in [2.24, 2.45) is 0 Å². The first-order chi connectivity index (χ1) is 11.3. The molecule has 114 valence electrons. The molecule has 4 rings (SSSR count). The lowest BCUT2D eigenvalue weighted by Crippen LogP contribution is -2.14. The predicted octanol–water partition coefficient (Wildman–Crippen LogP) is 1.31. The number of benzene rings is 1. The lowest BCUT2D eigenvalue weighted by Gasteiger charge is -2.06. The summed E-state index contributed by atoms with van der Waals surface area (Å²) in [7, 11) is 0. The summed E-state index contributed by atoms with van der Waals surface area (Å²) in [5.74, 6) is 0.676. The Kier molecular flexibility index (Phi) is 3.31. The molecule has 0 spiro atoms. The van der Waals surface area contributed by atoms with E-state index in [0.717, 1.165) is 5.69 Å². The predicted molar refractivity (Wildman–Crippen MR) is 82.8 cm³/mol. The fraction of sp³-hybridized carbons (Fsp3) is 0.0714. The van der Waals surface area contributed by atoms with Gasteiger partial charge in [-0.2, -0.15) is 0 Å². The Morgan fingerprint density at radius 2 is 2.09 bits per heavy atom. The molecule has 0 radical (unpaired) electrons. The van der Waals surface area contributed by atoms with Crippen LogP contribution in [0.15, 0.2) is 53.0 Å². The van der Waals surface area contributed by atoms with Gasteiger partial charge in [-0.05, 0) is 34.7 Å². The van der Waals surface area contributed by atoms with Gasteiger partial charge in [0.2, 0.25) is 0 Å². The maximum absolute atomic E-state index is 11.9. The van der Waals surface area contributed by atoms with Crippen molar-refractivity contribution in [2.75, 3.05) is 0 Å². The zero-order valence-corrected chi connectivity index (χ0v) is 12.6. The van der Waals surface area contributed by atoms with E-state index in [1.165, 1.54) is 28.1 Å². The summed E-state index contributed by atoms with van der Waals surface area (Å²) in [5.41, 5.74) is 1.32. The molecular weight excluding hydrogens is 316 g/mol. The molecule has 8 nitrogen and oxygen atoms in total. The van der Waals surface area contributed by atoms with Crippen molar-refractivity contribution in [3.63, 3.8) is 0 Å². The molecule has 0 aliphatic carbocycles. The Hall–Kier alpha value is -3.07. The third kappa shape index (κ3) is 2.69. The highest BCUT2D eigenvalue weighted by atomic mass is 32.1. The number of hydrogen-bond donors (Lipinski definition) is 0. The van der Waals surface area contributed by atoms with Crippen LogP contribution in [-0.2, 0) is 6.61 Å². The zero-order chi connectivity index (χ0) is 15.6. The van der Waals surface area contributed by atoms with Crippen LogP contribution in [0.5, 0.6) is 5.75 Å². The fourth-order valence-corrected chi connectivity index (χ4v) is 2.83. The number of fused-ring (bicyclic) bond motifs is 1. The molecule has 0 fully saturated rings. The summed E-state index contributed by atoms with van der Waals surface area (Å²) < 4.78 is 8.74. The van der Waals surface area contributed by atoms with Crippen molar-refractivity contribution < 1.29 is 4.74 Å². The third-order valence-electron chi connectivity index (χ3n) is 3.19. The Morgan fingerprint density at radius 3 is 2.87 bits per heavy atom. The maximum atomic E-state index is 11.9. The van der Waals surface area contributed by atoms with Gasteiger partial charge in [0.15, 0.2) is 4.96 Å². The van der Waals surface area contributed by atoms with E-state index in [4.69, 9.17) is 4.74 Å². The van der Waals surface area contributed by atoms with Crippen LogP contribution >= 0.6 is 11.3 Å². The van der Waals surface area contributed by atoms with Gasteiger partial charge >= 0.3 is 0 Å². The van der Waals surface area contributed by atoms with Crippen molar-refractivity contribution in [1.29, 1.82) is 0 Å². The molecule has 1 aromatic carbocycles. The monoisotopic (exact) mass is 326 g/mol. The van der Waals surface area contributed by atoms with Gasteiger partial charge in [0.05, 0.1) is 11.4 Å². The minimum atomic E-state index is -0.108. The molecule has 0 saturated carbocycles. The highest BCUT2D eigenvalue weighted by molar-refractivity contribution is 7.15. The summed E-state index contributed by atoms with van der Waals surface area (Å²) in [6.07, 6.45) is 3.22. The Labute approximate surface area is 133 Å². The van der Waals surface area contributed by atoms with Crippen molar-refractivity contribution in [3.05, 3.63) is 64.3 Å². The maximum Gasteiger partial charge on any atom is 0.258 e. The molecule has 0 saturated heterocycles. The van der Waals surface area contributed by atoms with Gasteiger partial charge in [-0.3, -0.25) is 9.20 Å². The van der Waals surface area contributed by atoms with Gasteiger partial charge in [0, 0.05) is 17.6 Å². The van der Waals surface area contributed by atoms with Gasteiger partial charge in [0.1, 0.15) is 18.7 Å². The number of tetrazole rings is 1. The second kappa shape index (κ2) is 5.61. The van der Waals surface area contributed by atoms with E-state index in [1.54, 1.807) is 10.9 Å². The van der Waals surface area contributed by atoms with Crippen LogP contribution in [0.1, 0.15) is 5.69 Å². The number of hydrogen-bond acceptors (Lipinski definition) is 7. The van der Waals surface area contributed by atoms with E-state index >= 15 is 0 Å². The standard InChI is InChI=1S/C14H10N6O2S/c21-13-7-10(16-14-19(13)5-6-23-14)8-22-12-3-1-11(2-4-12)20-9-15-17-18-20/h1-7,9H,8H2. The molecule has 3 heterocycles. The van der Waals surface area contributed by atoms with Crippen LogP contribution in [0.25, 0.3) is 10.6 Å². The van der Waals surface area contributed by atoms with E-state index in [0.29, 0.717) is 16.4 Å². The molecule has 3 aromatic heterocycles. The van der Waals surface area contributed by atoms with Crippen LogP contribution in [0, 0.1) is 0 Å². The smallest absolute Gasteiger partial charge is 0.258 e. The van der Waals surface area contributed by atoms with Crippen LogP contribution in [0.3, 0.4) is 0 Å². The molecule has 0 bridgehead atoms. The van der Waals surface area contributed by atoms with E-state index in [9.17, 15) is 4.79 Å². The summed E-state index contributed by atoms with van der Waals surface area (Å²) in [6.45, 7) is 0.230. The quantitative estimate of drug-likeness (QED) is 0.562. The van der Waals surface area contributed by atoms with Crippen molar-refractivity contribution >= 4 is 16.3 Å². The van der Waals surface area contributed by atoms with Crippen LogP contribution < -0.4 is 10.3 Å². The molecule has 4 aromatic rings. The SMILES string of the molecule is O=c1cc(COc2ccc(-n3cnnn3)cc2)nc2sccn12. The molecule has 0 aliphatic heterocycles. The highest BCUT2D eigenvalue weighted by Crippen LogP contribution is 2.15. The molecule has 0 atom stereocenters. The normalized spacial score (nSPS) is 11.0. The first-order valence-corrected chi connectivity index (χ1v) is 7.59. The number of thiazole rings is 1. The molecular formula is C14H10N6O2S. The molecule has 0 unspecified atom stereocenters. The van der Waals surface area contributed by atoms with Gasteiger partial charge in [0.25, 0.3) is 5.56 Å². The lowest BCUT2D eigenvalue weighted by molar-refractivity contribution is 0.301. The fourth-order valence-electron chi connectivity index (χ4n) is 2.09. The summed E-state index contributed by atoms with van der Waals surface area (Å²) >= 11 is 1.41. The van der Waals surface area contributed by atoms with E-state index in [2.05, 4.69) is 20.5 Å². The summed E-state index contributed by atoms with van der Waals surface area (Å²) in [4.78, 5) is 17.0. The largest absolute Gasteiger partial charge is 0.487 e. The van der Waals surface area contributed by atoms with Gasteiger partial charge in [-0.25, -0.2) is 9.67 Å². The molecule has 0 amide bonds. The van der Waals surface area contributed by atoms with Gasteiger partial charge in [-0.15, -0.1) is 16.4 Å².